The van der Waals surface area contributed by atoms with Crippen molar-refractivity contribution in [2.75, 3.05) is 19.5 Å². The van der Waals surface area contributed by atoms with Crippen molar-refractivity contribution in [3.8, 4) is 0 Å². The van der Waals surface area contributed by atoms with Crippen molar-refractivity contribution in [1.82, 2.24) is 0 Å². The number of rotatable bonds is 18. The second-order valence-corrected chi connectivity index (χ2v) is 15.7. The first-order valence-electron chi connectivity index (χ1n) is 14.5. The summed E-state index contributed by atoms with van der Waals surface area (Å²) in [6, 6.07) is 19.7. The number of benzene rings is 2. The van der Waals surface area contributed by atoms with E-state index >= 15 is 0 Å². The van der Waals surface area contributed by atoms with Crippen LogP contribution in [0.3, 0.4) is 0 Å². The van der Waals surface area contributed by atoms with E-state index in [1.54, 1.807) is 0 Å². The van der Waals surface area contributed by atoms with Gasteiger partial charge in [-0.25, -0.2) is 0 Å². The molecule has 2 aromatic carbocycles. The molecule has 0 fully saturated rings. The monoisotopic (exact) mass is 560 g/mol. The maximum atomic E-state index is 13.5. The summed E-state index contributed by atoms with van der Waals surface area (Å²) in [5.41, 5.74) is 3.88. The van der Waals surface area contributed by atoms with E-state index in [2.05, 4.69) is 109 Å². The Bertz CT molecular complexity index is 957. The highest BCUT2D eigenvalue weighted by Crippen LogP contribution is 2.52. The van der Waals surface area contributed by atoms with Crippen molar-refractivity contribution in [1.29, 1.82) is 0 Å². The SMILES string of the molecule is CCCCOP(=O)(Cc1ccc(C(CC(C)(C)SC)C(C)(C)CC(C)c2ccccc2)cc1)OCCCC. The first-order valence-corrected chi connectivity index (χ1v) is 17.5. The lowest BCUT2D eigenvalue weighted by atomic mass is 9.66. The van der Waals surface area contributed by atoms with Gasteiger partial charge in [0.05, 0.1) is 19.4 Å². The predicted octanol–water partition coefficient (Wildman–Crippen LogP) is 10.8. The van der Waals surface area contributed by atoms with Gasteiger partial charge in [0.15, 0.2) is 0 Å². The number of hydrogen-bond acceptors (Lipinski definition) is 4. The van der Waals surface area contributed by atoms with E-state index in [9.17, 15) is 4.57 Å². The Morgan fingerprint density at radius 1 is 0.816 bits per heavy atom. The fourth-order valence-corrected chi connectivity index (χ4v) is 7.22. The second kappa shape index (κ2) is 15.7. The lowest BCUT2D eigenvalue weighted by molar-refractivity contribution is 0.199. The third kappa shape index (κ3) is 10.8. The van der Waals surface area contributed by atoms with Crippen LogP contribution in [0.25, 0.3) is 0 Å². The molecule has 0 heterocycles. The molecule has 0 spiro atoms. The number of thioether (sulfide) groups is 1. The summed E-state index contributed by atoms with van der Waals surface area (Å²) in [6.45, 7) is 17.1. The molecule has 0 saturated carbocycles. The molecule has 2 unspecified atom stereocenters. The van der Waals surface area contributed by atoms with Gasteiger partial charge in [0.1, 0.15) is 0 Å². The molecule has 0 aliphatic heterocycles. The standard InChI is InChI=1S/C33H53O3PS/c1-9-11-22-35-37(34,36-23-12-10-2)26-28-18-20-30(21-19-28)31(25-33(6,7)38-8)32(4,5)24-27(3)29-16-14-13-15-17-29/h13-21,27,31H,9-12,22-26H2,1-8H3. The van der Waals surface area contributed by atoms with Crippen molar-refractivity contribution in [2.24, 2.45) is 5.41 Å². The van der Waals surface area contributed by atoms with Crippen LogP contribution < -0.4 is 0 Å². The molecule has 0 bridgehead atoms. The highest BCUT2D eigenvalue weighted by molar-refractivity contribution is 7.99. The quantitative estimate of drug-likeness (QED) is 0.134. The van der Waals surface area contributed by atoms with Crippen LogP contribution in [0.5, 0.6) is 0 Å². The number of hydrogen-bond donors (Lipinski definition) is 0. The lowest BCUT2D eigenvalue weighted by Crippen LogP contribution is -2.30. The van der Waals surface area contributed by atoms with Crippen molar-refractivity contribution in [2.45, 2.75) is 110 Å². The van der Waals surface area contributed by atoms with Crippen LogP contribution in [-0.2, 0) is 19.8 Å². The molecule has 38 heavy (non-hydrogen) atoms. The van der Waals surface area contributed by atoms with Crippen LogP contribution >= 0.6 is 19.4 Å². The molecule has 0 amide bonds. The summed E-state index contributed by atoms with van der Waals surface area (Å²) in [5.74, 6) is 0.885. The molecular formula is C33H53O3PS. The molecule has 214 valence electrons. The summed E-state index contributed by atoms with van der Waals surface area (Å²) in [5, 5.41) is 0. The molecule has 0 aromatic heterocycles. The van der Waals surface area contributed by atoms with Crippen LogP contribution in [-0.4, -0.2) is 24.2 Å². The van der Waals surface area contributed by atoms with Gasteiger partial charge in [0.25, 0.3) is 0 Å². The van der Waals surface area contributed by atoms with E-state index in [1.165, 1.54) is 11.1 Å². The maximum absolute atomic E-state index is 13.5. The molecule has 3 nitrogen and oxygen atoms in total. The average molecular weight is 561 g/mol. The van der Waals surface area contributed by atoms with Crippen molar-refractivity contribution >= 4 is 19.4 Å². The molecular weight excluding hydrogens is 507 g/mol. The van der Waals surface area contributed by atoms with Gasteiger partial charge in [-0.3, -0.25) is 4.57 Å². The van der Waals surface area contributed by atoms with Gasteiger partial charge in [-0.15, -0.1) is 0 Å². The van der Waals surface area contributed by atoms with Crippen molar-refractivity contribution < 1.29 is 13.6 Å². The smallest absolute Gasteiger partial charge is 0.308 e. The van der Waals surface area contributed by atoms with Crippen LogP contribution in [0.4, 0.5) is 0 Å². The molecule has 0 aliphatic rings. The van der Waals surface area contributed by atoms with Crippen LogP contribution in [0, 0.1) is 5.41 Å². The van der Waals surface area contributed by atoms with E-state index in [4.69, 9.17) is 9.05 Å². The second-order valence-electron chi connectivity index (χ2n) is 12.1. The zero-order valence-electron chi connectivity index (χ0n) is 25.3. The van der Waals surface area contributed by atoms with Crippen LogP contribution in [0.1, 0.15) is 116 Å². The van der Waals surface area contributed by atoms with Crippen LogP contribution in [0.2, 0.25) is 0 Å². The van der Waals surface area contributed by atoms with Gasteiger partial charge in [0, 0.05) is 4.75 Å². The minimum atomic E-state index is -3.17. The molecule has 2 rings (SSSR count). The zero-order valence-corrected chi connectivity index (χ0v) is 27.0. The minimum Gasteiger partial charge on any atom is -0.308 e. The van der Waals surface area contributed by atoms with Crippen LogP contribution in [0.15, 0.2) is 54.6 Å². The van der Waals surface area contributed by atoms with Gasteiger partial charge >= 0.3 is 7.60 Å². The third-order valence-corrected chi connectivity index (χ3v) is 10.9. The molecule has 0 saturated heterocycles. The first-order chi connectivity index (χ1) is 17.9. The highest BCUT2D eigenvalue weighted by atomic mass is 32.2. The Morgan fingerprint density at radius 3 is 1.87 bits per heavy atom. The Balaban J connectivity index is 2.28. The topological polar surface area (TPSA) is 35.5 Å². The Morgan fingerprint density at radius 2 is 1.37 bits per heavy atom. The van der Waals surface area contributed by atoms with Gasteiger partial charge in [-0.05, 0) is 65.9 Å². The van der Waals surface area contributed by atoms with E-state index in [1.807, 2.05) is 11.8 Å². The Hall–Kier alpha value is -1.06. The fraction of sp³-hybridized carbons (Fsp3) is 0.636. The lowest BCUT2D eigenvalue weighted by Gasteiger charge is -2.41. The van der Waals surface area contributed by atoms with Gasteiger partial charge in [0.2, 0.25) is 0 Å². The average Bonchev–Trinajstić information content (AvgIpc) is 2.88. The molecule has 0 radical (unpaired) electrons. The molecule has 0 N–H and O–H groups in total. The summed E-state index contributed by atoms with van der Waals surface area (Å²) >= 11 is 1.94. The summed E-state index contributed by atoms with van der Waals surface area (Å²) in [6.07, 6.45) is 8.56. The molecule has 2 atom stereocenters. The highest BCUT2D eigenvalue weighted by Gasteiger charge is 2.36. The summed E-state index contributed by atoms with van der Waals surface area (Å²) < 4.78 is 25.4. The minimum absolute atomic E-state index is 0.103. The first kappa shape index (κ1) is 33.1. The van der Waals surface area contributed by atoms with Gasteiger partial charge in [-0.2, -0.15) is 11.8 Å². The van der Waals surface area contributed by atoms with E-state index in [0.29, 0.717) is 31.2 Å². The largest absolute Gasteiger partial charge is 0.335 e. The van der Waals surface area contributed by atoms with E-state index in [-0.39, 0.29) is 10.2 Å². The fourth-order valence-electron chi connectivity index (χ4n) is 5.15. The zero-order chi connectivity index (χ0) is 28.2. The maximum Gasteiger partial charge on any atom is 0.335 e. The molecule has 2 aromatic rings. The van der Waals surface area contributed by atoms with Crippen molar-refractivity contribution in [3.63, 3.8) is 0 Å². The summed E-state index contributed by atoms with van der Waals surface area (Å²) in [4.78, 5) is 0. The molecule has 5 heteroatoms. The van der Waals surface area contributed by atoms with E-state index in [0.717, 1.165) is 44.1 Å². The number of unbranched alkanes of at least 4 members (excludes halogenated alkanes) is 2. The summed E-state index contributed by atoms with van der Waals surface area (Å²) in [7, 11) is -3.17. The van der Waals surface area contributed by atoms with Crippen molar-refractivity contribution in [3.05, 3.63) is 71.3 Å². The predicted molar refractivity (Wildman–Crippen MR) is 168 cm³/mol. The van der Waals surface area contributed by atoms with Gasteiger partial charge in [-0.1, -0.05) is 116 Å². The molecule has 0 aliphatic carbocycles. The Kier molecular flexibility index (Phi) is 13.7. The van der Waals surface area contributed by atoms with Gasteiger partial charge < -0.3 is 9.05 Å². The normalized spacial score (nSPS) is 14.4. The Labute approximate surface area is 238 Å². The third-order valence-electron chi connectivity index (χ3n) is 7.72. The van der Waals surface area contributed by atoms with E-state index < -0.39 is 7.60 Å².